The van der Waals surface area contributed by atoms with Crippen LogP contribution in [-0.2, 0) is 110 Å². The third-order valence-corrected chi connectivity index (χ3v) is 23.9. The number of phenolic OH excluding ortho intramolecular Hbond substituents is 2. The van der Waals surface area contributed by atoms with Crippen LogP contribution in [0, 0.1) is 29.1 Å². The molecule has 14 amide bonds. The van der Waals surface area contributed by atoms with Crippen molar-refractivity contribution in [3.63, 3.8) is 0 Å². The van der Waals surface area contributed by atoms with Crippen molar-refractivity contribution >= 4 is 106 Å². The van der Waals surface area contributed by atoms with E-state index < -0.39 is 210 Å². The fourth-order valence-electron chi connectivity index (χ4n) is 15.3. The van der Waals surface area contributed by atoms with Gasteiger partial charge >= 0.3 is 5.97 Å². The normalized spacial score (nSPS) is 14.9. The Bertz CT molecular complexity index is 5250. The number of amides is 14. The molecule has 139 heavy (non-hydrogen) atoms. The number of carbonyl (C=O) groups is 15. The van der Waals surface area contributed by atoms with Gasteiger partial charge in [-0.05, 0) is 146 Å². The zero-order valence-corrected chi connectivity index (χ0v) is 80.3. The molecule has 39 heteroatoms. The van der Waals surface area contributed by atoms with Crippen molar-refractivity contribution in [1.82, 2.24) is 84.7 Å². The first-order valence-electron chi connectivity index (χ1n) is 47.0. The van der Waals surface area contributed by atoms with Crippen LogP contribution >= 0.6 is 0 Å². The fraction of sp³-hybridized carbons (Fsp3) is 0.460. The van der Waals surface area contributed by atoms with Gasteiger partial charge in [0.2, 0.25) is 82.7 Å². The Morgan fingerprint density at radius 2 is 0.698 bits per heavy atom. The number of H-pyrrole nitrogens is 1. The molecular formula is C100H138N20O19. The van der Waals surface area contributed by atoms with Crippen molar-refractivity contribution in [1.29, 1.82) is 5.41 Å². The molecule has 39 nitrogen and oxygen atoms in total. The fourth-order valence-corrected chi connectivity index (χ4v) is 15.3. The summed E-state index contributed by atoms with van der Waals surface area (Å²) in [5.41, 5.74) is 20.9. The Kier molecular flexibility index (Phi) is 45.3. The summed E-state index contributed by atoms with van der Waals surface area (Å²) in [5.74, 6) is -16.2. The number of para-hydroxylation sites is 1. The van der Waals surface area contributed by atoms with E-state index in [0.717, 1.165) is 0 Å². The highest BCUT2D eigenvalue weighted by Crippen LogP contribution is 2.23. The lowest BCUT2D eigenvalue weighted by Crippen LogP contribution is -2.62. The number of aromatic amines is 1. The van der Waals surface area contributed by atoms with Crippen LogP contribution in [0.25, 0.3) is 10.9 Å². The van der Waals surface area contributed by atoms with Crippen molar-refractivity contribution < 1.29 is 92.3 Å². The number of aromatic hydroxyl groups is 2. The molecule has 752 valence electrons. The minimum absolute atomic E-state index is 0.00125. The number of guanidine groups is 1. The van der Waals surface area contributed by atoms with Crippen molar-refractivity contribution in [2.75, 3.05) is 19.7 Å². The molecule has 0 radical (unpaired) electrons. The van der Waals surface area contributed by atoms with E-state index in [0.29, 0.717) is 70.0 Å². The second-order valence-corrected chi connectivity index (χ2v) is 35.9. The Morgan fingerprint density at radius 1 is 0.367 bits per heavy atom. The van der Waals surface area contributed by atoms with Crippen LogP contribution in [0.1, 0.15) is 154 Å². The Hall–Kier alpha value is -14.3. The summed E-state index contributed by atoms with van der Waals surface area (Å²) in [6.45, 7) is 16.0. The molecule has 0 unspecified atom stereocenters. The first kappa shape index (κ1) is 112. The monoisotopic (exact) mass is 1920 g/mol. The third-order valence-electron chi connectivity index (χ3n) is 23.9. The number of unbranched alkanes of at least 4 members (excludes halogenated alkanes) is 1. The average molecular weight is 1920 g/mol. The molecule has 0 fully saturated rings. The molecule has 0 bridgehead atoms. The number of carboxylic acid groups (broad SMARTS) is 1. The number of aliphatic carboxylic acids is 1. The quantitative estimate of drug-likeness (QED) is 0.0147. The number of hydrogen-bond acceptors (Lipinski definition) is 21. The summed E-state index contributed by atoms with van der Waals surface area (Å²) >= 11 is 0. The predicted molar refractivity (Wildman–Crippen MR) is 522 cm³/mol. The Balaban J connectivity index is 1.14. The van der Waals surface area contributed by atoms with Gasteiger partial charge in [0.1, 0.15) is 102 Å². The summed E-state index contributed by atoms with van der Waals surface area (Å²) < 4.78 is 0. The van der Waals surface area contributed by atoms with E-state index in [1.807, 2.05) is 0 Å². The highest BCUT2D eigenvalue weighted by Gasteiger charge is 2.41. The highest BCUT2D eigenvalue weighted by atomic mass is 16.4. The van der Waals surface area contributed by atoms with Crippen molar-refractivity contribution in [3.8, 4) is 11.5 Å². The molecule has 0 saturated carbocycles. The number of nitrogens with one attached hydrogen (secondary N) is 17. The summed E-state index contributed by atoms with van der Waals surface area (Å²) in [6.07, 6.45) is 1.70. The molecule has 0 spiro atoms. The number of aliphatic hydroxyl groups is 1. The number of benzene rings is 6. The van der Waals surface area contributed by atoms with Gasteiger partial charge in [-0.2, -0.15) is 0 Å². The van der Waals surface area contributed by atoms with Gasteiger partial charge in [-0.1, -0.05) is 202 Å². The second kappa shape index (κ2) is 56.4. The first-order valence-corrected chi connectivity index (χ1v) is 47.0. The zero-order chi connectivity index (χ0) is 102. The third kappa shape index (κ3) is 36.6. The maximum absolute atomic E-state index is 15.5. The summed E-state index contributed by atoms with van der Waals surface area (Å²) in [4.78, 5) is 221. The van der Waals surface area contributed by atoms with Crippen LogP contribution in [0.2, 0.25) is 0 Å². The van der Waals surface area contributed by atoms with Gasteiger partial charge in [-0.25, -0.2) is 4.79 Å². The summed E-state index contributed by atoms with van der Waals surface area (Å²) in [6, 6.07) is 22.8. The van der Waals surface area contributed by atoms with E-state index in [4.69, 9.17) is 22.6 Å². The lowest BCUT2D eigenvalue weighted by Gasteiger charge is -2.31. The molecule has 0 aliphatic heterocycles. The molecule has 17 atom stereocenters. The van der Waals surface area contributed by atoms with Crippen molar-refractivity contribution in [3.05, 3.63) is 203 Å². The van der Waals surface area contributed by atoms with Gasteiger partial charge < -0.3 is 122 Å². The molecule has 27 N–H and O–H groups in total. The molecule has 0 aliphatic carbocycles. The predicted octanol–water partition coefficient (Wildman–Crippen LogP) is 1.75. The summed E-state index contributed by atoms with van der Waals surface area (Å²) in [7, 11) is 0. The largest absolute Gasteiger partial charge is 0.508 e. The van der Waals surface area contributed by atoms with E-state index in [2.05, 4.69) is 84.7 Å². The molecule has 0 aliphatic rings. The molecule has 6 aromatic carbocycles. The number of carbonyl (C=O) groups excluding carboxylic acids is 14. The van der Waals surface area contributed by atoms with Gasteiger partial charge in [0, 0.05) is 62.2 Å². The first-order chi connectivity index (χ1) is 66.2. The molecule has 1 aromatic heterocycles. The van der Waals surface area contributed by atoms with Crippen LogP contribution in [0.15, 0.2) is 170 Å². The number of carboxylic acids is 1. The molecule has 7 aromatic rings. The van der Waals surface area contributed by atoms with E-state index in [1.54, 1.807) is 177 Å². The van der Waals surface area contributed by atoms with Gasteiger partial charge in [-0.3, -0.25) is 72.5 Å². The van der Waals surface area contributed by atoms with Gasteiger partial charge in [0.05, 0.1) is 6.61 Å². The molecule has 7 rings (SSSR count). The number of rotatable bonds is 57. The number of phenols is 2. The standard InChI is InChI=1S/C100H138N20O19/c1-11-58(7)83(97(136)117-81(99(138)139)52-64-31-20-15-21-32-64)120-98(137)84(59(8)12-2)119-95(134)75(47-56(3)4)111-92(131)78(51-66-39-43-69(123)44-40-66)114-93(132)79(49-63-29-18-14-19-30-63)116-96(135)82(57(5)6)118-86(125)61(10)108-90(129)76(48-62-27-16-13-17-28-62)113-94(133)80(53-67-54-106-72-34-23-22-33-70(67)72)115-89(128)74(36-26-46-105-100(103)104)110-91(130)77(50-65-37-41-68(122)42-38-65)112-88(127)73(35-24-25-45-101)109-85(124)60(9)107-87(126)71(102)55-121/h13-23,27-34,37-44,54,56-61,71,73-84,106,121-123H,11-12,24-26,35-36,45-53,55,101-102H2,1-10H3,(H,107,126)(H,108,129)(H,109,124)(H,110,130)(H,111,131)(H,112,127)(H,113,133)(H,114,132)(H,115,128)(H,116,135)(H,117,136)(H,118,125)(H,119,134)(H,120,137)(H,138,139)(H4,103,104,105)/t58-,59-,60-,61-,71-,73-,74-,75-,76-,77-,78-,79-,80-,81-,82-,83-,84-/m0/s1. The average Bonchev–Trinajstić information content (AvgIpc) is 1.70. The maximum atomic E-state index is 15.5. The van der Waals surface area contributed by atoms with Crippen LogP contribution in [0.4, 0.5) is 0 Å². The van der Waals surface area contributed by atoms with Crippen LogP contribution < -0.4 is 97.0 Å². The van der Waals surface area contributed by atoms with Gasteiger partial charge in [-0.15, -0.1) is 0 Å². The second-order valence-electron chi connectivity index (χ2n) is 35.9. The molecular weight excluding hydrogens is 1790 g/mol. The van der Waals surface area contributed by atoms with E-state index in [-0.39, 0.29) is 94.7 Å². The minimum atomic E-state index is -1.59. The van der Waals surface area contributed by atoms with Crippen molar-refractivity contribution in [2.45, 2.75) is 250 Å². The summed E-state index contributed by atoms with van der Waals surface area (Å²) in [5, 5.41) is 89.5. The molecule has 0 saturated heterocycles. The number of hydrogen-bond donors (Lipinski definition) is 24. The number of fused-ring (bicyclic) bond motifs is 1. The van der Waals surface area contributed by atoms with E-state index in [1.165, 1.54) is 62.4 Å². The van der Waals surface area contributed by atoms with Gasteiger partial charge in [0.25, 0.3) is 0 Å². The maximum Gasteiger partial charge on any atom is 0.326 e. The highest BCUT2D eigenvalue weighted by molar-refractivity contribution is 6.01. The minimum Gasteiger partial charge on any atom is -0.508 e. The Morgan fingerprint density at radius 3 is 1.12 bits per heavy atom. The molecule has 1 heterocycles. The lowest BCUT2D eigenvalue weighted by atomic mass is 9.94. The zero-order valence-electron chi connectivity index (χ0n) is 80.3. The van der Waals surface area contributed by atoms with Crippen LogP contribution in [-0.4, -0.2) is 230 Å². The van der Waals surface area contributed by atoms with E-state index >= 15 is 33.6 Å². The van der Waals surface area contributed by atoms with Crippen molar-refractivity contribution in [2.24, 2.45) is 40.9 Å². The Labute approximate surface area is 809 Å². The van der Waals surface area contributed by atoms with Crippen LogP contribution in [0.5, 0.6) is 11.5 Å². The number of aromatic nitrogens is 1. The lowest BCUT2D eigenvalue weighted by molar-refractivity contribution is -0.142. The van der Waals surface area contributed by atoms with E-state index in [9.17, 15) is 58.8 Å². The number of nitrogens with two attached hydrogens (primary N) is 3. The topological polar surface area (TPSA) is 635 Å². The number of aliphatic hydroxyl groups excluding tert-OH is 1. The SMILES string of the molecule is CC[C@H](C)[C@H](NC(=O)[C@H](CC(C)C)NC(=O)[C@H](Cc1ccc(O)cc1)NC(=O)[C@H](Cc1ccccc1)NC(=O)[C@@H](NC(=O)[C@H](C)NC(=O)[C@H](Cc1ccccc1)NC(=O)[C@H](Cc1c[nH]c2ccccc12)NC(=O)[C@H](CCCNC(=N)N)NC(=O)[C@H](Cc1ccc(O)cc1)NC(=O)[C@H](CCCCN)NC(=O)[C@H](C)NC(=O)[C@@H](N)CO)C(C)C)C(=O)N[C@H](C(=O)N[C@@H](Cc1ccccc1)C(=O)O)[C@@H](C)CC. The smallest absolute Gasteiger partial charge is 0.326 e. The van der Waals surface area contributed by atoms with Gasteiger partial charge in [0.15, 0.2) is 5.96 Å². The van der Waals surface area contributed by atoms with Crippen LogP contribution in [0.3, 0.4) is 0 Å².